The normalized spacial score (nSPS) is 11.5. The minimum Gasteiger partial charge on any atom is -0.394 e. The van der Waals surface area contributed by atoms with Crippen molar-refractivity contribution in [3.8, 4) is 0 Å². The number of nitrogens with one attached hydrogen (secondary N) is 1. The van der Waals surface area contributed by atoms with Gasteiger partial charge in [0.15, 0.2) is 0 Å². The molecule has 1 aromatic rings. The minimum absolute atomic E-state index is 0.0432. The summed E-state index contributed by atoms with van der Waals surface area (Å²) >= 11 is 0. The Labute approximate surface area is 89.1 Å². The van der Waals surface area contributed by atoms with E-state index >= 15 is 0 Å². The van der Waals surface area contributed by atoms with Gasteiger partial charge in [0.1, 0.15) is 0 Å². The summed E-state index contributed by atoms with van der Waals surface area (Å²) in [5.41, 5.74) is 0.248. The highest BCUT2D eigenvalue weighted by atomic mass is 16.3. The number of carbonyl (C=O) groups excluding carboxylic acids is 1. The topological polar surface area (TPSA) is 69.2 Å². The Morgan fingerprint density at radius 3 is 2.80 bits per heavy atom. The highest BCUT2D eigenvalue weighted by Crippen LogP contribution is 2.12. The molecule has 5 heteroatoms. The van der Waals surface area contributed by atoms with Gasteiger partial charge in [-0.15, -0.1) is 0 Å². The lowest BCUT2D eigenvalue weighted by molar-refractivity contribution is -0.135. The van der Waals surface area contributed by atoms with Crippen molar-refractivity contribution in [1.82, 2.24) is 15.1 Å². The summed E-state index contributed by atoms with van der Waals surface area (Å²) in [7, 11) is 1.69. The average molecular weight is 211 g/mol. The van der Waals surface area contributed by atoms with E-state index in [9.17, 15) is 4.79 Å². The van der Waals surface area contributed by atoms with Gasteiger partial charge in [-0.2, -0.15) is 5.10 Å². The van der Waals surface area contributed by atoms with E-state index < -0.39 is 5.54 Å². The maximum Gasteiger partial charge on any atom is 0.228 e. The first-order valence-electron chi connectivity index (χ1n) is 4.83. The summed E-state index contributed by atoms with van der Waals surface area (Å²) in [4.78, 5) is 13.3. The molecule has 1 aromatic heterocycles. The molecule has 0 atom stereocenters. The number of H-pyrrole nitrogens is 1. The second-order valence-corrected chi connectivity index (χ2v) is 4.18. The van der Waals surface area contributed by atoms with Gasteiger partial charge in [0.2, 0.25) is 5.91 Å². The van der Waals surface area contributed by atoms with Crippen molar-refractivity contribution in [3.05, 3.63) is 18.0 Å². The monoisotopic (exact) mass is 211 g/mol. The number of rotatable bonds is 4. The first-order valence-corrected chi connectivity index (χ1v) is 4.83. The van der Waals surface area contributed by atoms with Crippen molar-refractivity contribution in [2.45, 2.75) is 25.8 Å². The lowest BCUT2D eigenvalue weighted by Gasteiger charge is -2.33. The molecule has 0 radical (unpaired) electrons. The number of amides is 1. The summed E-state index contributed by atoms with van der Waals surface area (Å²) in [6.07, 6.45) is 1.89. The molecule has 0 spiro atoms. The lowest BCUT2D eigenvalue weighted by atomic mass is 10.0. The summed E-state index contributed by atoms with van der Waals surface area (Å²) < 4.78 is 0. The van der Waals surface area contributed by atoms with Crippen molar-refractivity contribution < 1.29 is 9.90 Å². The van der Waals surface area contributed by atoms with Gasteiger partial charge in [0.05, 0.1) is 18.6 Å². The van der Waals surface area contributed by atoms with Crippen molar-refractivity contribution >= 4 is 5.91 Å². The number of aromatic nitrogens is 2. The number of likely N-dealkylation sites (N-methyl/N-ethyl adjacent to an activating group) is 1. The second-order valence-electron chi connectivity index (χ2n) is 4.18. The molecule has 0 unspecified atom stereocenters. The molecule has 1 amide bonds. The van der Waals surface area contributed by atoms with E-state index in [-0.39, 0.29) is 18.9 Å². The van der Waals surface area contributed by atoms with Crippen LogP contribution < -0.4 is 0 Å². The molecule has 0 aliphatic heterocycles. The third kappa shape index (κ3) is 2.79. The van der Waals surface area contributed by atoms with Crippen LogP contribution in [0.5, 0.6) is 0 Å². The van der Waals surface area contributed by atoms with Crippen molar-refractivity contribution in [3.63, 3.8) is 0 Å². The molecule has 15 heavy (non-hydrogen) atoms. The Hall–Kier alpha value is -1.36. The van der Waals surface area contributed by atoms with E-state index in [1.165, 1.54) is 0 Å². The van der Waals surface area contributed by atoms with Gasteiger partial charge in [-0.05, 0) is 19.9 Å². The Morgan fingerprint density at radius 1 is 1.67 bits per heavy atom. The Morgan fingerprint density at radius 2 is 2.33 bits per heavy atom. The molecule has 2 N–H and O–H groups in total. The molecule has 0 saturated heterocycles. The van der Waals surface area contributed by atoms with Crippen LogP contribution in [-0.2, 0) is 11.2 Å². The summed E-state index contributed by atoms with van der Waals surface area (Å²) in [6.45, 7) is 3.58. The zero-order valence-electron chi connectivity index (χ0n) is 9.32. The van der Waals surface area contributed by atoms with Crippen LogP contribution in [-0.4, -0.2) is 45.3 Å². The van der Waals surface area contributed by atoms with E-state index in [0.717, 1.165) is 5.69 Å². The van der Waals surface area contributed by atoms with E-state index in [1.54, 1.807) is 24.2 Å². The summed E-state index contributed by atoms with van der Waals surface area (Å²) in [5.74, 6) is -0.0432. The molecule has 1 heterocycles. The summed E-state index contributed by atoms with van der Waals surface area (Å²) in [6, 6.07) is 1.76. The Bertz CT molecular complexity index is 319. The van der Waals surface area contributed by atoms with E-state index in [1.807, 2.05) is 13.8 Å². The van der Waals surface area contributed by atoms with Crippen LogP contribution in [0, 0.1) is 0 Å². The van der Waals surface area contributed by atoms with Crippen molar-refractivity contribution in [2.24, 2.45) is 0 Å². The smallest absolute Gasteiger partial charge is 0.228 e. The minimum atomic E-state index is -0.531. The number of nitrogens with zero attached hydrogens (tertiary/aromatic N) is 2. The molecule has 84 valence electrons. The van der Waals surface area contributed by atoms with Gasteiger partial charge in [0.25, 0.3) is 0 Å². The van der Waals surface area contributed by atoms with Crippen LogP contribution >= 0.6 is 0 Å². The molecule has 5 nitrogen and oxygen atoms in total. The quantitative estimate of drug-likeness (QED) is 0.746. The molecular formula is C10H17N3O2. The zero-order valence-corrected chi connectivity index (χ0v) is 9.32. The Kier molecular flexibility index (Phi) is 3.47. The standard InChI is InChI=1S/C10H17N3O2/c1-10(2,7-14)13(3)9(15)6-8-4-5-11-12-8/h4-5,14H,6-7H2,1-3H3,(H,11,12). The number of aromatic amines is 1. The van der Waals surface area contributed by atoms with Gasteiger partial charge >= 0.3 is 0 Å². The maximum absolute atomic E-state index is 11.8. The molecule has 1 rings (SSSR count). The van der Waals surface area contributed by atoms with Gasteiger partial charge < -0.3 is 10.0 Å². The zero-order chi connectivity index (χ0) is 11.5. The SMILES string of the molecule is CN(C(=O)Cc1ccn[nH]1)C(C)(C)CO. The van der Waals surface area contributed by atoms with Crippen LogP contribution in [0.4, 0.5) is 0 Å². The highest BCUT2D eigenvalue weighted by molar-refractivity contribution is 5.78. The van der Waals surface area contributed by atoms with Crippen LogP contribution in [0.15, 0.2) is 12.3 Å². The van der Waals surface area contributed by atoms with Crippen LogP contribution in [0.3, 0.4) is 0 Å². The summed E-state index contributed by atoms with van der Waals surface area (Å²) in [5, 5.41) is 15.6. The fraction of sp³-hybridized carbons (Fsp3) is 0.600. The van der Waals surface area contributed by atoms with Gasteiger partial charge in [0, 0.05) is 18.9 Å². The molecule has 0 bridgehead atoms. The number of aliphatic hydroxyl groups is 1. The molecule has 0 aliphatic carbocycles. The van der Waals surface area contributed by atoms with Crippen molar-refractivity contribution in [2.75, 3.05) is 13.7 Å². The molecule has 0 aliphatic rings. The predicted octanol–water partition coefficient (Wildman–Crippen LogP) is 0.181. The largest absolute Gasteiger partial charge is 0.394 e. The fourth-order valence-electron chi connectivity index (χ4n) is 1.11. The fourth-order valence-corrected chi connectivity index (χ4v) is 1.11. The van der Waals surface area contributed by atoms with Gasteiger partial charge in [-0.1, -0.05) is 0 Å². The molecule has 0 fully saturated rings. The first kappa shape index (κ1) is 11.7. The van der Waals surface area contributed by atoms with Crippen LogP contribution in [0.1, 0.15) is 19.5 Å². The van der Waals surface area contributed by atoms with Crippen molar-refractivity contribution in [1.29, 1.82) is 0 Å². The number of carbonyl (C=O) groups is 1. The van der Waals surface area contributed by atoms with E-state index in [2.05, 4.69) is 10.2 Å². The van der Waals surface area contributed by atoms with E-state index in [0.29, 0.717) is 0 Å². The third-order valence-corrected chi connectivity index (χ3v) is 2.57. The number of hydrogen-bond acceptors (Lipinski definition) is 3. The number of hydrogen-bond donors (Lipinski definition) is 2. The van der Waals surface area contributed by atoms with Crippen LogP contribution in [0.25, 0.3) is 0 Å². The second kappa shape index (κ2) is 4.44. The van der Waals surface area contributed by atoms with Gasteiger partial charge in [-0.25, -0.2) is 0 Å². The van der Waals surface area contributed by atoms with Gasteiger partial charge in [-0.3, -0.25) is 9.89 Å². The molecule has 0 saturated carbocycles. The number of aliphatic hydroxyl groups excluding tert-OH is 1. The Balaban J connectivity index is 2.62. The van der Waals surface area contributed by atoms with E-state index in [4.69, 9.17) is 5.11 Å². The predicted molar refractivity (Wildman–Crippen MR) is 56.2 cm³/mol. The molecule has 0 aromatic carbocycles. The highest BCUT2D eigenvalue weighted by Gasteiger charge is 2.26. The lowest BCUT2D eigenvalue weighted by Crippen LogP contribution is -2.48. The third-order valence-electron chi connectivity index (χ3n) is 2.57. The average Bonchev–Trinajstić information content (AvgIpc) is 2.69. The maximum atomic E-state index is 11.8. The first-order chi connectivity index (χ1) is 6.97. The molecular weight excluding hydrogens is 194 g/mol. The van der Waals surface area contributed by atoms with Crippen LogP contribution in [0.2, 0.25) is 0 Å².